The fourth-order valence-corrected chi connectivity index (χ4v) is 2.56. The van der Waals surface area contributed by atoms with E-state index in [2.05, 4.69) is 21.0 Å². The number of carbonyl (C=O) groups excluding carboxylic acids is 1. The van der Waals surface area contributed by atoms with Gasteiger partial charge in [-0.3, -0.25) is 9.48 Å². The molecule has 0 radical (unpaired) electrons. The van der Waals surface area contributed by atoms with Gasteiger partial charge >= 0.3 is 6.18 Å². The maximum absolute atomic E-state index is 12.7. The first-order valence-electron chi connectivity index (χ1n) is 5.49. The third-order valence-electron chi connectivity index (χ3n) is 2.76. The second kappa shape index (κ2) is 5.12. The van der Waals surface area contributed by atoms with Crippen LogP contribution >= 0.6 is 15.9 Å². The zero-order chi connectivity index (χ0) is 14.2. The highest BCUT2D eigenvalue weighted by atomic mass is 79.9. The Kier molecular flexibility index (Phi) is 3.86. The molecule has 0 atom stereocenters. The van der Waals surface area contributed by atoms with Crippen LogP contribution in [0.2, 0.25) is 0 Å². The molecule has 0 aliphatic carbocycles. The molecular weight excluding hydrogens is 331 g/mol. The van der Waals surface area contributed by atoms with Gasteiger partial charge in [0.15, 0.2) is 5.69 Å². The van der Waals surface area contributed by atoms with Crippen molar-refractivity contribution in [2.45, 2.75) is 6.18 Å². The lowest BCUT2D eigenvalue weighted by atomic mass is 10.3. The quantitative estimate of drug-likeness (QED) is 0.780. The SMILES string of the molecule is Cn1nc(C(F)(F)F)c(Br)c1C(=O)N1CCOCC1. The van der Waals surface area contributed by atoms with Crippen molar-refractivity contribution >= 4 is 21.8 Å². The first-order chi connectivity index (χ1) is 8.82. The Morgan fingerprint density at radius 2 is 1.95 bits per heavy atom. The van der Waals surface area contributed by atoms with Gasteiger partial charge in [-0.15, -0.1) is 0 Å². The van der Waals surface area contributed by atoms with Crippen LogP contribution in [-0.4, -0.2) is 46.9 Å². The van der Waals surface area contributed by atoms with Gasteiger partial charge in [-0.25, -0.2) is 0 Å². The third kappa shape index (κ3) is 2.76. The van der Waals surface area contributed by atoms with Crippen LogP contribution in [-0.2, 0) is 18.0 Å². The van der Waals surface area contributed by atoms with Crippen LogP contribution in [0.1, 0.15) is 16.2 Å². The van der Waals surface area contributed by atoms with E-state index >= 15 is 0 Å². The van der Waals surface area contributed by atoms with Gasteiger partial charge in [0.05, 0.1) is 17.7 Å². The lowest BCUT2D eigenvalue weighted by Crippen LogP contribution is -2.41. The number of hydrogen-bond acceptors (Lipinski definition) is 3. The first kappa shape index (κ1) is 14.3. The van der Waals surface area contributed by atoms with Crippen molar-refractivity contribution in [3.05, 3.63) is 15.9 Å². The Balaban J connectivity index is 2.34. The Morgan fingerprint density at radius 3 is 2.42 bits per heavy atom. The maximum Gasteiger partial charge on any atom is 0.436 e. The van der Waals surface area contributed by atoms with Crippen LogP contribution in [0.15, 0.2) is 4.47 Å². The summed E-state index contributed by atoms with van der Waals surface area (Å²) in [5.74, 6) is -0.485. The third-order valence-corrected chi connectivity index (χ3v) is 3.51. The Bertz CT molecular complexity index is 495. The first-order valence-corrected chi connectivity index (χ1v) is 6.28. The van der Waals surface area contributed by atoms with Crippen molar-refractivity contribution < 1.29 is 22.7 Å². The highest BCUT2D eigenvalue weighted by Crippen LogP contribution is 2.35. The molecule has 0 saturated carbocycles. The summed E-state index contributed by atoms with van der Waals surface area (Å²) in [4.78, 5) is 13.6. The van der Waals surface area contributed by atoms with E-state index in [4.69, 9.17) is 4.74 Å². The van der Waals surface area contributed by atoms with Gasteiger partial charge in [0.2, 0.25) is 0 Å². The van der Waals surface area contributed by atoms with Crippen LogP contribution in [0.4, 0.5) is 13.2 Å². The molecule has 19 heavy (non-hydrogen) atoms. The van der Waals surface area contributed by atoms with Crippen LogP contribution in [0.25, 0.3) is 0 Å². The average molecular weight is 342 g/mol. The van der Waals surface area contributed by atoms with Crippen LogP contribution < -0.4 is 0 Å². The number of ether oxygens (including phenoxy) is 1. The summed E-state index contributed by atoms with van der Waals surface area (Å²) >= 11 is 2.82. The summed E-state index contributed by atoms with van der Waals surface area (Å²) in [7, 11) is 1.31. The molecule has 2 rings (SSSR count). The van der Waals surface area contributed by atoms with Crippen molar-refractivity contribution in [1.82, 2.24) is 14.7 Å². The van der Waals surface area contributed by atoms with E-state index in [1.165, 1.54) is 11.9 Å². The minimum Gasteiger partial charge on any atom is -0.378 e. The predicted molar refractivity (Wildman–Crippen MR) is 62.6 cm³/mol. The standard InChI is InChI=1S/C10H11BrF3N3O2/c1-16-7(6(11)8(15-16)10(12,13)14)9(18)17-2-4-19-5-3-17/h2-5H2,1H3. The topological polar surface area (TPSA) is 47.4 Å². The minimum absolute atomic E-state index is 0.103. The molecule has 1 aliphatic rings. The van der Waals surface area contributed by atoms with Crippen molar-refractivity contribution in [1.29, 1.82) is 0 Å². The molecule has 0 aromatic carbocycles. The molecule has 1 amide bonds. The molecule has 9 heteroatoms. The summed E-state index contributed by atoms with van der Waals surface area (Å²) in [6.07, 6.45) is -4.60. The van der Waals surface area contributed by atoms with Gasteiger partial charge in [0.1, 0.15) is 5.69 Å². The predicted octanol–water partition coefficient (Wildman–Crippen LogP) is 1.67. The lowest BCUT2D eigenvalue weighted by Gasteiger charge is -2.26. The smallest absolute Gasteiger partial charge is 0.378 e. The van der Waals surface area contributed by atoms with Gasteiger partial charge < -0.3 is 9.64 Å². The number of halogens is 4. The number of aryl methyl sites for hydroxylation is 1. The lowest BCUT2D eigenvalue weighted by molar-refractivity contribution is -0.142. The molecule has 106 valence electrons. The van der Waals surface area contributed by atoms with Gasteiger partial charge in [-0.1, -0.05) is 0 Å². The molecule has 0 N–H and O–H groups in total. The van der Waals surface area contributed by atoms with E-state index < -0.39 is 17.8 Å². The van der Waals surface area contributed by atoms with Crippen molar-refractivity contribution in [2.75, 3.05) is 26.3 Å². The molecule has 1 aromatic rings. The molecule has 5 nitrogen and oxygen atoms in total. The van der Waals surface area contributed by atoms with Gasteiger partial charge in [0, 0.05) is 20.1 Å². The second-order valence-corrected chi connectivity index (χ2v) is 4.83. The van der Waals surface area contributed by atoms with Crippen molar-refractivity contribution in [3.63, 3.8) is 0 Å². The van der Waals surface area contributed by atoms with Crippen LogP contribution in [0.3, 0.4) is 0 Å². The Hall–Kier alpha value is -1.09. The number of aromatic nitrogens is 2. The zero-order valence-electron chi connectivity index (χ0n) is 10.00. The van der Waals surface area contributed by atoms with E-state index in [1.807, 2.05) is 0 Å². The number of morpholine rings is 1. The van der Waals surface area contributed by atoms with E-state index in [0.717, 1.165) is 4.68 Å². The summed E-state index contributed by atoms with van der Waals surface area (Å²) < 4.78 is 43.8. The van der Waals surface area contributed by atoms with Gasteiger partial charge in [-0.2, -0.15) is 18.3 Å². The maximum atomic E-state index is 12.7. The fourth-order valence-electron chi connectivity index (χ4n) is 1.83. The van der Waals surface area contributed by atoms with E-state index in [0.29, 0.717) is 26.3 Å². The summed E-state index contributed by atoms with van der Waals surface area (Å²) in [5.41, 5.74) is -1.19. The number of alkyl halides is 3. The fraction of sp³-hybridized carbons (Fsp3) is 0.600. The number of hydrogen-bond donors (Lipinski definition) is 0. The largest absolute Gasteiger partial charge is 0.436 e. The Morgan fingerprint density at radius 1 is 1.37 bits per heavy atom. The molecule has 0 unspecified atom stereocenters. The van der Waals surface area contributed by atoms with Crippen LogP contribution in [0, 0.1) is 0 Å². The zero-order valence-corrected chi connectivity index (χ0v) is 11.6. The number of carbonyl (C=O) groups is 1. The number of nitrogens with zero attached hydrogens (tertiary/aromatic N) is 3. The Labute approximate surface area is 115 Å². The molecule has 0 spiro atoms. The van der Waals surface area contributed by atoms with Crippen LogP contribution in [0.5, 0.6) is 0 Å². The van der Waals surface area contributed by atoms with Crippen molar-refractivity contribution in [3.8, 4) is 0 Å². The summed E-state index contributed by atoms with van der Waals surface area (Å²) in [5, 5.41) is 3.36. The minimum atomic E-state index is -4.60. The molecule has 1 aromatic heterocycles. The van der Waals surface area contributed by atoms with E-state index in [-0.39, 0.29) is 10.2 Å². The molecule has 2 heterocycles. The van der Waals surface area contributed by atoms with E-state index in [1.54, 1.807) is 0 Å². The van der Waals surface area contributed by atoms with Crippen molar-refractivity contribution in [2.24, 2.45) is 7.05 Å². The van der Waals surface area contributed by atoms with Gasteiger partial charge in [-0.05, 0) is 15.9 Å². The van der Waals surface area contributed by atoms with E-state index in [9.17, 15) is 18.0 Å². The second-order valence-electron chi connectivity index (χ2n) is 4.04. The highest BCUT2D eigenvalue weighted by Gasteiger charge is 2.40. The molecule has 1 fully saturated rings. The molecule has 1 aliphatic heterocycles. The molecule has 1 saturated heterocycles. The highest BCUT2D eigenvalue weighted by molar-refractivity contribution is 9.10. The molecular formula is C10H11BrF3N3O2. The number of rotatable bonds is 1. The monoisotopic (exact) mass is 341 g/mol. The average Bonchev–Trinajstić information content (AvgIpc) is 2.65. The van der Waals surface area contributed by atoms with Gasteiger partial charge in [0.25, 0.3) is 5.91 Å². The number of amides is 1. The molecule has 0 bridgehead atoms. The summed E-state index contributed by atoms with van der Waals surface area (Å²) in [6.45, 7) is 1.48. The summed E-state index contributed by atoms with van der Waals surface area (Å²) in [6, 6.07) is 0. The normalized spacial score (nSPS) is 16.8.